The molecule has 7 nitrogen and oxygen atoms in total. The lowest BCUT2D eigenvalue weighted by atomic mass is 10.1. The fraction of sp³-hybridized carbons (Fsp3) is 0.462. The van der Waals surface area contributed by atoms with Gasteiger partial charge < -0.3 is 9.84 Å². The van der Waals surface area contributed by atoms with Gasteiger partial charge in [-0.1, -0.05) is 6.92 Å². The second-order valence-electron chi connectivity index (χ2n) is 4.40. The first-order valence-corrected chi connectivity index (χ1v) is 6.22. The fourth-order valence-electron chi connectivity index (χ4n) is 1.94. The number of methoxy groups -OCH3 is 1. The first-order chi connectivity index (χ1) is 9.46. The molecule has 1 rings (SSSR count). The molecule has 1 N–H and O–H groups in total. The van der Waals surface area contributed by atoms with E-state index in [1.807, 2.05) is 6.92 Å². The number of nitro groups is 1. The van der Waals surface area contributed by atoms with Crippen molar-refractivity contribution in [3.8, 4) is 5.75 Å². The maximum absolute atomic E-state index is 10.9. The number of carboxylic acids is 1. The Morgan fingerprint density at radius 1 is 1.45 bits per heavy atom. The molecule has 0 aliphatic rings. The second kappa shape index (κ2) is 7.44. The van der Waals surface area contributed by atoms with E-state index in [4.69, 9.17) is 9.84 Å². The maximum atomic E-state index is 10.9. The van der Waals surface area contributed by atoms with E-state index >= 15 is 0 Å². The van der Waals surface area contributed by atoms with Crippen LogP contribution in [0.2, 0.25) is 0 Å². The van der Waals surface area contributed by atoms with E-state index in [2.05, 4.69) is 0 Å². The van der Waals surface area contributed by atoms with Crippen LogP contribution in [0.5, 0.6) is 5.75 Å². The average Bonchev–Trinajstić information content (AvgIpc) is 2.37. The minimum Gasteiger partial charge on any atom is -0.496 e. The quantitative estimate of drug-likeness (QED) is 0.578. The van der Waals surface area contributed by atoms with Gasteiger partial charge in [-0.15, -0.1) is 0 Å². The third kappa shape index (κ3) is 4.85. The first kappa shape index (κ1) is 15.9. The monoisotopic (exact) mass is 282 g/mol. The van der Waals surface area contributed by atoms with Gasteiger partial charge in [-0.05, 0) is 24.6 Å². The van der Waals surface area contributed by atoms with E-state index in [9.17, 15) is 14.9 Å². The van der Waals surface area contributed by atoms with Crippen molar-refractivity contribution < 1.29 is 19.6 Å². The minimum atomic E-state index is -0.921. The second-order valence-corrected chi connectivity index (χ2v) is 4.40. The van der Waals surface area contributed by atoms with Gasteiger partial charge in [0.15, 0.2) is 0 Å². The van der Waals surface area contributed by atoms with Crippen molar-refractivity contribution in [2.24, 2.45) is 0 Å². The van der Waals surface area contributed by atoms with Crippen molar-refractivity contribution in [3.05, 3.63) is 33.9 Å². The molecule has 110 valence electrons. The predicted molar refractivity (Wildman–Crippen MR) is 72.9 cm³/mol. The predicted octanol–water partition coefficient (Wildman–Crippen LogP) is 1.90. The van der Waals surface area contributed by atoms with Crippen molar-refractivity contribution in [1.82, 2.24) is 4.90 Å². The highest BCUT2D eigenvalue weighted by Crippen LogP contribution is 2.23. The number of benzene rings is 1. The molecule has 0 radical (unpaired) electrons. The van der Waals surface area contributed by atoms with Gasteiger partial charge in [0.05, 0.1) is 24.6 Å². The Morgan fingerprint density at radius 3 is 2.65 bits per heavy atom. The summed E-state index contributed by atoms with van der Waals surface area (Å²) in [5.41, 5.74) is 0.594. The number of hydrogen-bond donors (Lipinski definition) is 1. The van der Waals surface area contributed by atoms with E-state index in [1.54, 1.807) is 11.0 Å². The summed E-state index contributed by atoms with van der Waals surface area (Å²) in [4.78, 5) is 22.9. The largest absolute Gasteiger partial charge is 0.496 e. The highest BCUT2D eigenvalue weighted by molar-refractivity contribution is 5.69. The van der Waals surface area contributed by atoms with Crippen LogP contribution in [-0.2, 0) is 11.3 Å². The lowest BCUT2D eigenvalue weighted by molar-refractivity contribution is -0.385. The summed E-state index contributed by atoms with van der Waals surface area (Å²) in [6, 6.07) is 4.45. The van der Waals surface area contributed by atoms with Crippen molar-refractivity contribution in [3.63, 3.8) is 0 Å². The van der Waals surface area contributed by atoms with Crippen LogP contribution in [0.1, 0.15) is 18.9 Å². The topological polar surface area (TPSA) is 92.9 Å². The number of nitrogens with zero attached hydrogens (tertiary/aromatic N) is 2. The molecule has 0 saturated heterocycles. The van der Waals surface area contributed by atoms with Gasteiger partial charge in [-0.2, -0.15) is 0 Å². The number of carboxylic acid groups (broad SMARTS) is 1. The van der Waals surface area contributed by atoms with Crippen molar-refractivity contribution in [1.29, 1.82) is 0 Å². The molecule has 1 aromatic rings. The van der Waals surface area contributed by atoms with Crippen LogP contribution in [0.25, 0.3) is 0 Å². The Bertz CT molecular complexity index is 490. The zero-order valence-electron chi connectivity index (χ0n) is 11.5. The van der Waals surface area contributed by atoms with Crippen LogP contribution >= 0.6 is 0 Å². The standard InChI is InChI=1S/C13H18N2O5/c1-3-4-14(9-13(16)17)8-10-5-11(15(18)19)7-12(6-10)20-2/h5-7H,3-4,8-9H2,1-2H3,(H,16,17). The molecule has 0 fully saturated rings. The van der Waals surface area contributed by atoms with E-state index in [0.717, 1.165) is 6.42 Å². The van der Waals surface area contributed by atoms with Crippen LogP contribution in [0.4, 0.5) is 5.69 Å². The first-order valence-electron chi connectivity index (χ1n) is 6.22. The van der Waals surface area contributed by atoms with E-state index in [1.165, 1.54) is 19.2 Å². The van der Waals surface area contributed by atoms with Crippen molar-refractivity contribution in [2.75, 3.05) is 20.2 Å². The number of carbonyl (C=O) groups is 1. The molecule has 1 aromatic carbocycles. The molecule has 0 heterocycles. The SMILES string of the molecule is CCCN(CC(=O)O)Cc1cc(OC)cc([N+](=O)[O-])c1. The van der Waals surface area contributed by atoms with Gasteiger partial charge in [-0.3, -0.25) is 19.8 Å². The molecular formula is C13H18N2O5. The van der Waals surface area contributed by atoms with E-state index in [0.29, 0.717) is 24.4 Å². The molecule has 0 saturated carbocycles. The summed E-state index contributed by atoms with van der Waals surface area (Å²) >= 11 is 0. The normalized spacial score (nSPS) is 10.6. The number of non-ortho nitro benzene ring substituents is 1. The van der Waals surface area contributed by atoms with Gasteiger partial charge in [0.25, 0.3) is 5.69 Å². The van der Waals surface area contributed by atoms with Crippen LogP contribution in [-0.4, -0.2) is 41.1 Å². The van der Waals surface area contributed by atoms with Crippen molar-refractivity contribution in [2.45, 2.75) is 19.9 Å². The molecule has 0 atom stereocenters. The zero-order chi connectivity index (χ0) is 15.1. The average molecular weight is 282 g/mol. The molecule has 0 amide bonds. The summed E-state index contributed by atoms with van der Waals surface area (Å²) in [5.74, 6) is -0.531. The van der Waals surface area contributed by atoms with Crippen molar-refractivity contribution >= 4 is 11.7 Å². The van der Waals surface area contributed by atoms with Crippen LogP contribution in [0, 0.1) is 10.1 Å². The summed E-state index contributed by atoms with van der Waals surface area (Å²) in [5, 5.41) is 19.7. The smallest absolute Gasteiger partial charge is 0.317 e. The Kier molecular flexibility index (Phi) is 5.92. The molecule has 0 aromatic heterocycles. The third-order valence-corrected chi connectivity index (χ3v) is 2.70. The molecule has 0 bridgehead atoms. The van der Waals surface area contributed by atoms with Gasteiger partial charge in [-0.25, -0.2) is 0 Å². The Balaban J connectivity index is 2.95. The number of rotatable bonds is 8. The lowest BCUT2D eigenvalue weighted by Gasteiger charge is -2.19. The molecule has 0 unspecified atom stereocenters. The van der Waals surface area contributed by atoms with Gasteiger partial charge in [0, 0.05) is 12.6 Å². The fourth-order valence-corrected chi connectivity index (χ4v) is 1.94. The summed E-state index contributed by atoms with van der Waals surface area (Å²) < 4.78 is 5.03. The van der Waals surface area contributed by atoms with Crippen LogP contribution in [0.3, 0.4) is 0 Å². The minimum absolute atomic E-state index is 0.0638. The summed E-state index contributed by atoms with van der Waals surface area (Å²) in [6.45, 7) is 2.79. The third-order valence-electron chi connectivity index (χ3n) is 2.70. The summed E-state index contributed by atoms with van der Waals surface area (Å²) in [7, 11) is 1.43. The highest BCUT2D eigenvalue weighted by Gasteiger charge is 2.14. The lowest BCUT2D eigenvalue weighted by Crippen LogP contribution is -2.30. The molecule has 7 heteroatoms. The number of hydrogen-bond acceptors (Lipinski definition) is 5. The molecule has 0 aliphatic heterocycles. The van der Waals surface area contributed by atoms with Gasteiger partial charge >= 0.3 is 5.97 Å². The highest BCUT2D eigenvalue weighted by atomic mass is 16.6. The number of ether oxygens (including phenoxy) is 1. The summed E-state index contributed by atoms with van der Waals surface area (Å²) in [6.07, 6.45) is 0.805. The zero-order valence-corrected chi connectivity index (χ0v) is 11.5. The molecular weight excluding hydrogens is 264 g/mol. The van der Waals surface area contributed by atoms with E-state index < -0.39 is 10.9 Å². The Hall–Kier alpha value is -2.15. The van der Waals surface area contributed by atoms with Gasteiger partial charge in [0.2, 0.25) is 0 Å². The molecule has 20 heavy (non-hydrogen) atoms. The Labute approximate surface area is 116 Å². The van der Waals surface area contributed by atoms with Crippen LogP contribution in [0.15, 0.2) is 18.2 Å². The van der Waals surface area contributed by atoms with Gasteiger partial charge in [0.1, 0.15) is 5.75 Å². The Morgan fingerprint density at radius 2 is 2.15 bits per heavy atom. The maximum Gasteiger partial charge on any atom is 0.317 e. The molecule has 0 spiro atoms. The molecule has 0 aliphatic carbocycles. The van der Waals surface area contributed by atoms with Crippen LogP contribution < -0.4 is 4.74 Å². The number of aliphatic carboxylic acids is 1. The number of nitro benzene ring substituents is 1. The van der Waals surface area contributed by atoms with E-state index in [-0.39, 0.29) is 12.2 Å².